The van der Waals surface area contributed by atoms with Gasteiger partial charge in [-0.3, -0.25) is 4.84 Å². The van der Waals surface area contributed by atoms with E-state index in [1.165, 1.54) is 12.8 Å². The van der Waals surface area contributed by atoms with Gasteiger partial charge in [-0.25, -0.2) is 0 Å². The molecule has 0 amide bonds. The van der Waals surface area contributed by atoms with Gasteiger partial charge in [-0.15, -0.1) is 0 Å². The van der Waals surface area contributed by atoms with Crippen molar-refractivity contribution in [3.05, 3.63) is 0 Å². The average molecular weight is 159 g/mol. The van der Waals surface area contributed by atoms with Crippen LogP contribution in [0.25, 0.3) is 0 Å². The molecular weight excluding hydrogens is 138 g/mol. The van der Waals surface area contributed by atoms with Crippen molar-refractivity contribution in [2.24, 2.45) is 0 Å². The summed E-state index contributed by atoms with van der Waals surface area (Å²) in [5, 5.41) is 2.06. The van der Waals surface area contributed by atoms with Gasteiger partial charge in [0.25, 0.3) is 0 Å². The molecule has 0 aromatic rings. The van der Waals surface area contributed by atoms with Crippen LogP contribution in [0.3, 0.4) is 0 Å². The summed E-state index contributed by atoms with van der Waals surface area (Å²) in [7, 11) is 0. The summed E-state index contributed by atoms with van der Waals surface area (Å²) in [5.41, 5.74) is 0. The highest BCUT2D eigenvalue weighted by molar-refractivity contribution is 4.51. The fourth-order valence-corrected chi connectivity index (χ4v) is 0.952. The Morgan fingerprint density at radius 3 is 2.27 bits per heavy atom. The molecule has 68 valence electrons. The van der Waals surface area contributed by atoms with Crippen molar-refractivity contribution in [3.8, 4) is 0 Å². The third-order valence-corrected chi connectivity index (χ3v) is 1.60. The Morgan fingerprint density at radius 1 is 1.27 bits per heavy atom. The summed E-state index contributed by atoms with van der Waals surface area (Å²) < 4.78 is 0. The van der Waals surface area contributed by atoms with Gasteiger partial charge < -0.3 is 0 Å². The van der Waals surface area contributed by atoms with E-state index >= 15 is 0 Å². The number of hydroxylamine groups is 2. The lowest BCUT2D eigenvalue weighted by Gasteiger charge is -2.24. The highest BCUT2D eigenvalue weighted by atomic mass is 16.7. The summed E-state index contributed by atoms with van der Waals surface area (Å²) in [6.45, 7) is 10.4. The molecule has 0 rings (SSSR count). The van der Waals surface area contributed by atoms with Crippen molar-refractivity contribution in [1.82, 2.24) is 5.06 Å². The first-order valence-corrected chi connectivity index (χ1v) is 4.61. The zero-order valence-corrected chi connectivity index (χ0v) is 8.26. The Labute approximate surface area is 70.5 Å². The van der Waals surface area contributed by atoms with Crippen LogP contribution in [0.4, 0.5) is 0 Å². The maximum Gasteiger partial charge on any atom is 0.0657 e. The Hall–Kier alpha value is -0.0800. The predicted octanol–water partition coefficient (Wildman–Crippen LogP) is 2.45. The molecule has 0 N–H and O–H groups in total. The molecule has 0 aromatic carbocycles. The fraction of sp³-hybridized carbons (Fsp3) is 1.00. The molecule has 0 aliphatic heterocycles. The van der Waals surface area contributed by atoms with Crippen LogP contribution in [0.15, 0.2) is 0 Å². The fourth-order valence-electron chi connectivity index (χ4n) is 0.952. The van der Waals surface area contributed by atoms with Gasteiger partial charge in [-0.1, -0.05) is 13.3 Å². The third-order valence-electron chi connectivity index (χ3n) is 1.60. The first-order valence-electron chi connectivity index (χ1n) is 4.61. The summed E-state index contributed by atoms with van der Waals surface area (Å²) in [4.78, 5) is 5.44. The number of hydrogen-bond acceptors (Lipinski definition) is 2. The maximum atomic E-state index is 5.44. The molecule has 0 saturated heterocycles. The van der Waals surface area contributed by atoms with Crippen molar-refractivity contribution in [1.29, 1.82) is 0 Å². The van der Waals surface area contributed by atoms with Crippen LogP contribution in [0.1, 0.15) is 40.5 Å². The van der Waals surface area contributed by atoms with Gasteiger partial charge >= 0.3 is 0 Å². The third kappa shape index (κ3) is 5.22. The molecule has 0 saturated carbocycles. The molecule has 0 aliphatic carbocycles. The van der Waals surface area contributed by atoms with Crippen LogP contribution in [0.2, 0.25) is 0 Å². The monoisotopic (exact) mass is 159 g/mol. The summed E-state index contributed by atoms with van der Waals surface area (Å²) in [6, 6.07) is 0.501. The summed E-state index contributed by atoms with van der Waals surface area (Å²) in [6.07, 6.45) is 2.45. The zero-order valence-electron chi connectivity index (χ0n) is 8.26. The molecule has 0 fully saturated rings. The Balaban J connectivity index is 3.51. The van der Waals surface area contributed by atoms with Crippen molar-refractivity contribution >= 4 is 0 Å². The molecule has 0 aliphatic rings. The van der Waals surface area contributed by atoms with Gasteiger partial charge in [-0.2, -0.15) is 5.06 Å². The standard InChI is InChI=1S/C9H21NO/c1-5-7-8-10(9(3)4)11-6-2/h9H,5-8H2,1-4H3. The smallest absolute Gasteiger partial charge is 0.0657 e. The lowest BCUT2D eigenvalue weighted by molar-refractivity contribution is -0.175. The van der Waals surface area contributed by atoms with Gasteiger partial charge in [0.15, 0.2) is 0 Å². The predicted molar refractivity (Wildman–Crippen MR) is 48.4 cm³/mol. The minimum absolute atomic E-state index is 0.501. The Kier molecular flexibility index (Phi) is 6.57. The van der Waals surface area contributed by atoms with E-state index in [1.54, 1.807) is 0 Å². The molecule has 11 heavy (non-hydrogen) atoms. The number of hydrogen-bond donors (Lipinski definition) is 0. The SMILES string of the molecule is CCCCN(OCC)C(C)C. The van der Waals surface area contributed by atoms with Crippen LogP contribution in [-0.2, 0) is 4.84 Å². The first-order chi connectivity index (χ1) is 5.22. The second-order valence-corrected chi connectivity index (χ2v) is 3.01. The minimum Gasteiger partial charge on any atom is -0.299 e. The normalized spacial score (nSPS) is 11.5. The number of rotatable bonds is 6. The van der Waals surface area contributed by atoms with Gasteiger partial charge in [0.2, 0.25) is 0 Å². The summed E-state index contributed by atoms with van der Waals surface area (Å²) >= 11 is 0. The zero-order chi connectivity index (χ0) is 8.69. The van der Waals surface area contributed by atoms with Crippen LogP contribution < -0.4 is 0 Å². The lowest BCUT2D eigenvalue weighted by atomic mass is 10.3. The van der Waals surface area contributed by atoms with Crippen molar-refractivity contribution in [2.75, 3.05) is 13.2 Å². The molecule has 0 unspecified atom stereocenters. The van der Waals surface area contributed by atoms with Crippen LogP contribution in [0, 0.1) is 0 Å². The van der Waals surface area contributed by atoms with E-state index in [2.05, 4.69) is 25.8 Å². The quantitative estimate of drug-likeness (QED) is 0.552. The number of nitrogens with zero attached hydrogens (tertiary/aromatic N) is 1. The van der Waals surface area contributed by atoms with Gasteiger partial charge in [0, 0.05) is 12.6 Å². The lowest BCUT2D eigenvalue weighted by Crippen LogP contribution is -2.31. The Bertz CT molecular complexity index is 83.6. The molecular formula is C9H21NO. The molecule has 2 nitrogen and oxygen atoms in total. The molecule has 0 radical (unpaired) electrons. The topological polar surface area (TPSA) is 12.5 Å². The average Bonchev–Trinajstić information content (AvgIpc) is 1.97. The molecule has 0 bridgehead atoms. The van der Waals surface area contributed by atoms with E-state index in [4.69, 9.17) is 4.84 Å². The second-order valence-electron chi connectivity index (χ2n) is 3.01. The van der Waals surface area contributed by atoms with Gasteiger partial charge in [0.1, 0.15) is 0 Å². The first kappa shape index (κ1) is 10.9. The molecule has 0 heterocycles. The van der Waals surface area contributed by atoms with E-state index in [0.29, 0.717) is 6.04 Å². The van der Waals surface area contributed by atoms with E-state index in [-0.39, 0.29) is 0 Å². The minimum atomic E-state index is 0.501. The highest BCUT2D eigenvalue weighted by Crippen LogP contribution is 2.01. The largest absolute Gasteiger partial charge is 0.299 e. The van der Waals surface area contributed by atoms with E-state index in [0.717, 1.165) is 13.2 Å². The van der Waals surface area contributed by atoms with E-state index in [9.17, 15) is 0 Å². The van der Waals surface area contributed by atoms with E-state index < -0.39 is 0 Å². The number of unbranched alkanes of at least 4 members (excludes halogenated alkanes) is 1. The molecule has 0 spiro atoms. The Morgan fingerprint density at radius 2 is 1.91 bits per heavy atom. The van der Waals surface area contributed by atoms with Crippen LogP contribution in [0.5, 0.6) is 0 Å². The van der Waals surface area contributed by atoms with Gasteiger partial charge in [-0.05, 0) is 27.2 Å². The molecule has 0 atom stereocenters. The van der Waals surface area contributed by atoms with Gasteiger partial charge in [0.05, 0.1) is 6.61 Å². The highest BCUT2D eigenvalue weighted by Gasteiger charge is 2.07. The molecule has 0 aromatic heterocycles. The van der Waals surface area contributed by atoms with E-state index in [1.807, 2.05) is 6.92 Å². The van der Waals surface area contributed by atoms with Crippen molar-refractivity contribution < 1.29 is 4.84 Å². The van der Waals surface area contributed by atoms with Crippen molar-refractivity contribution in [2.45, 2.75) is 46.6 Å². The van der Waals surface area contributed by atoms with Crippen LogP contribution >= 0.6 is 0 Å². The van der Waals surface area contributed by atoms with Crippen LogP contribution in [-0.4, -0.2) is 24.3 Å². The summed E-state index contributed by atoms with van der Waals surface area (Å²) in [5.74, 6) is 0. The molecule has 2 heteroatoms. The second kappa shape index (κ2) is 6.62. The van der Waals surface area contributed by atoms with Crippen molar-refractivity contribution in [3.63, 3.8) is 0 Å². The maximum absolute atomic E-state index is 5.44.